The minimum Gasteiger partial charge on any atom is -0.352 e. The van der Waals surface area contributed by atoms with Crippen LogP contribution in [0.4, 0.5) is 4.39 Å². The number of sulfonamides is 1. The van der Waals surface area contributed by atoms with Crippen molar-refractivity contribution in [3.05, 3.63) is 64.4 Å². The highest BCUT2D eigenvalue weighted by atomic mass is 79.9. The number of carbonyl (C=O) groups is 1. The van der Waals surface area contributed by atoms with Gasteiger partial charge in [0.2, 0.25) is 15.9 Å². The van der Waals surface area contributed by atoms with Crippen LogP contribution >= 0.6 is 15.9 Å². The average molecular weight is 496 g/mol. The molecule has 0 aromatic heterocycles. The van der Waals surface area contributed by atoms with Crippen LogP contribution < -0.4 is 5.32 Å². The van der Waals surface area contributed by atoms with Gasteiger partial charge >= 0.3 is 0 Å². The lowest BCUT2D eigenvalue weighted by Gasteiger charge is -2.38. The van der Waals surface area contributed by atoms with Crippen LogP contribution in [-0.2, 0) is 14.8 Å². The van der Waals surface area contributed by atoms with Crippen LogP contribution in [0.25, 0.3) is 0 Å². The van der Waals surface area contributed by atoms with Gasteiger partial charge in [-0.3, -0.25) is 9.69 Å². The molecule has 1 aliphatic carbocycles. The number of benzene rings is 2. The first-order chi connectivity index (χ1) is 14.3. The third kappa shape index (κ3) is 4.74. The molecule has 1 saturated heterocycles. The molecular weight excluding hydrogens is 473 g/mol. The van der Waals surface area contributed by atoms with Crippen LogP contribution in [0.5, 0.6) is 0 Å². The third-order valence-corrected chi connectivity index (χ3v) is 7.82. The molecule has 1 heterocycles. The minimum absolute atomic E-state index is 0.118. The van der Waals surface area contributed by atoms with Gasteiger partial charge in [-0.25, -0.2) is 12.8 Å². The number of halogens is 2. The predicted octanol–water partition coefficient (Wildman–Crippen LogP) is 2.91. The molecule has 2 aromatic rings. The fourth-order valence-electron chi connectivity index (χ4n) is 3.66. The first-order valence-corrected chi connectivity index (χ1v) is 12.1. The number of nitrogens with zero attached hydrogens (tertiary/aromatic N) is 2. The monoisotopic (exact) mass is 495 g/mol. The smallest absolute Gasteiger partial charge is 0.243 e. The number of carbonyl (C=O) groups excluding carboxylic acids is 1. The van der Waals surface area contributed by atoms with Crippen molar-refractivity contribution in [3.63, 3.8) is 0 Å². The summed E-state index contributed by atoms with van der Waals surface area (Å²) >= 11 is 3.32. The van der Waals surface area contributed by atoms with Gasteiger partial charge in [0.05, 0.1) is 4.90 Å². The quantitative estimate of drug-likeness (QED) is 0.668. The second-order valence-electron chi connectivity index (χ2n) is 7.63. The third-order valence-electron chi connectivity index (χ3n) is 5.43. The second kappa shape index (κ2) is 8.74. The summed E-state index contributed by atoms with van der Waals surface area (Å²) in [5.41, 5.74) is 0.706. The largest absolute Gasteiger partial charge is 0.352 e. The Morgan fingerprint density at radius 2 is 1.73 bits per heavy atom. The van der Waals surface area contributed by atoms with Crippen LogP contribution in [0.2, 0.25) is 0 Å². The predicted molar refractivity (Wildman–Crippen MR) is 115 cm³/mol. The van der Waals surface area contributed by atoms with E-state index in [2.05, 4.69) is 21.2 Å². The number of rotatable bonds is 6. The molecule has 9 heteroatoms. The Bertz CT molecular complexity index is 1020. The van der Waals surface area contributed by atoms with E-state index in [-0.39, 0.29) is 35.8 Å². The van der Waals surface area contributed by atoms with Gasteiger partial charge in [0, 0.05) is 36.7 Å². The van der Waals surface area contributed by atoms with Crippen LogP contribution in [0.15, 0.2) is 57.9 Å². The highest BCUT2D eigenvalue weighted by Crippen LogP contribution is 2.28. The Balaban J connectivity index is 1.50. The molecule has 0 spiro atoms. The molecule has 0 bridgehead atoms. The summed E-state index contributed by atoms with van der Waals surface area (Å²) in [5.74, 6) is -0.475. The van der Waals surface area contributed by atoms with E-state index < -0.39 is 16.1 Å². The van der Waals surface area contributed by atoms with E-state index in [1.807, 2.05) is 4.90 Å². The molecule has 30 heavy (non-hydrogen) atoms. The molecule has 0 radical (unpaired) electrons. The van der Waals surface area contributed by atoms with Gasteiger partial charge in [-0.1, -0.05) is 34.1 Å². The van der Waals surface area contributed by atoms with Gasteiger partial charge in [-0.05, 0) is 48.7 Å². The lowest BCUT2D eigenvalue weighted by molar-refractivity contribution is -0.127. The Morgan fingerprint density at radius 1 is 1.07 bits per heavy atom. The summed E-state index contributed by atoms with van der Waals surface area (Å²) in [7, 11) is -3.61. The van der Waals surface area contributed by atoms with Gasteiger partial charge in [-0.15, -0.1) is 0 Å². The number of piperazine rings is 1. The highest BCUT2D eigenvalue weighted by Gasteiger charge is 2.36. The zero-order chi connectivity index (χ0) is 21.3. The zero-order valence-electron chi connectivity index (χ0n) is 16.3. The van der Waals surface area contributed by atoms with E-state index in [0.29, 0.717) is 23.1 Å². The van der Waals surface area contributed by atoms with Crippen LogP contribution in [-0.4, -0.2) is 55.8 Å². The van der Waals surface area contributed by atoms with Crippen molar-refractivity contribution in [1.82, 2.24) is 14.5 Å². The van der Waals surface area contributed by atoms with Crippen LogP contribution in [0, 0.1) is 5.82 Å². The Kier molecular flexibility index (Phi) is 6.24. The molecular formula is C21H23BrFN3O3S. The summed E-state index contributed by atoms with van der Waals surface area (Å²) in [6.45, 7) is 1.38. The number of hydrogen-bond donors (Lipinski definition) is 1. The zero-order valence-corrected chi connectivity index (χ0v) is 18.7. The van der Waals surface area contributed by atoms with Gasteiger partial charge in [0.25, 0.3) is 0 Å². The van der Waals surface area contributed by atoms with Crippen molar-refractivity contribution in [2.45, 2.75) is 29.8 Å². The SMILES string of the molecule is O=C(NC1CC1)[C@@H](c1ccc(F)cc1)N1CCN(S(=O)(=O)c2cccc(Br)c2)CC1. The van der Waals surface area contributed by atoms with Gasteiger partial charge in [0.1, 0.15) is 11.9 Å². The minimum atomic E-state index is -3.61. The maximum atomic E-state index is 13.4. The van der Waals surface area contributed by atoms with E-state index in [0.717, 1.165) is 12.8 Å². The molecule has 1 amide bonds. The molecule has 1 aliphatic heterocycles. The molecule has 6 nitrogen and oxygen atoms in total. The van der Waals surface area contributed by atoms with Crippen LogP contribution in [0.3, 0.4) is 0 Å². The van der Waals surface area contributed by atoms with Crippen molar-refractivity contribution in [1.29, 1.82) is 0 Å². The Labute approximate surface area is 184 Å². The topological polar surface area (TPSA) is 69.7 Å². The van der Waals surface area contributed by atoms with E-state index in [1.165, 1.54) is 16.4 Å². The van der Waals surface area contributed by atoms with E-state index in [9.17, 15) is 17.6 Å². The molecule has 2 aromatic carbocycles. The first kappa shape index (κ1) is 21.4. The lowest BCUT2D eigenvalue weighted by Crippen LogP contribution is -2.52. The van der Waals surface area contributed by atoms with E-state index in [4.69, 9.17) is 0 Å². The summed E-state index contributed by atoms with van der Waals surface area (Å²) in [6, 6.07) is 12.2. The number of hydrogen-bond acceptors (Lipinski definition) is 4. The van der Waals surface area contributed by atoms with Gasteiger partial charge in [-0.2, -0.15) is 4.31 Å². The molecule has 0 unspecified atom stereocenters. The van der Waals surface area contributed by atoms with Crippen molar-refractivity contribution < 1.29 is 17.6 Å². The normalized spacial score (nSPS) is 19.4. The first-order valence-electron chi connectivity index (χ1n) is 9.90. The van der Waals surface area contributed by atoms with Crippen molar-refractivity contribution >= 4 is 31.9 Å². The maximum Gasteiger partial charge on any atom is 0.243 e. The van der Waals surface area contributed by atoms with E-state index in [1.54, 1.807) is 36.4 Å². The maximum absolute atomic E-state index is 13.4. The molecule has 1 N–H and O–H groups in total. The lowest BCUT2D eigenvalue weighted by atomic mass is 10.0. The second-order valence-corrected chi connectivity index (χ2v) is 10.5. The Hall–Kier alpha value is -1.81. The molecule has 1 atom stereocenters. The number of nitrogens with one attached hydrogen (secondary N) is 1. The molecule has 2 fully saturated rings. The fraction of sp³-hybridized carbons (Fsp3) is 0.381. The fourth-order valence-corrected chi connectivity index (χ4v) is 5.68. The number of amides is 1. The molecule has 1 saturated carbocycles. The van der Waals surface area contributed by atoms with Crippen molar-refractivity contribution in [3.8, 4) is 0 Å². The Morgan fingerprint density at radius 3 is 2.33 bits per heavy atom. The van der Waals surface area contributed by atoms with Crippen molar-refractivity contribution in [2.24, 2.45) is 0 Å². The van der Waals surface area contributed by atoms with Crippen molar-refractivity contribution in [2.75, 3.05) is 26.2 Å². The molecule has 2 aliphatic rings. The van der Waals surface area contributed by atoms with Gasteiger partial charge in [0.15, 0.2) is 0 Å². The standard InChI is InChI=1S/C21H23BrFN3O3S/c22-16-2-1-3-19(14-16)30(28,29)26-12-10-25(11-13-26)20(21(27)24-18-8-9-18)15-4-6-17(23)7-5-15/h1-7,14,18,20H,8-13H2,(H,24,27)/t20-/m1/s1. The van der Waals surface area contributed by atoms with E-state index >= 15 is 0 Å². The summed E-state index contributed by atoms with van der Waals surface area (Å²) in [6.07, 6.45) is 1.95. The summed E-state index contributed by atoms with van der Waals surface area (Å²) in [4.78, 5) is 15.1. The van der Waals surface area contributed by atoms with Crippen LogP contribution in [0.1, 0.15) is 24.4 Å². The summed E-state index contributed by atoms with van der Waals surface area (Å²) in [5, 5.41) is 3.03. The highest BCUT2D eigenvalue weighted by molar-refractivity contribution is 9.10. The molecule has 160 valence electrons. The average Bonchev–Trinajstić information content (AvgIpc) is 3.54. The summed E-state index contributed by atoms with van der Waals surface area (Å²) < 4.78 is 41.5. The van der Waals surface area contributed by atoms with Gasteiger partial charge < -0.3 is 5.32 Å². The molecule has 4 rings (SSSR count).